The van der Waals surface area contributed by atoms with E-state index in [2.05, 4.69) is 4.98 Å². The highest BCUT2D eigenvalue weighted by Crippen LogP contribution is 2.29. The Hall–Kier alpha value is -2.34. The molecule has 0 amide bonds. The van der Waals surface area contributed by atoms with Gasteiger partial charge in [0.1, 0.15) is 0 Å². The van der Waals surface area contributed by atoms with Gasteiger partial charge in [-0.3, -0.25) is 9.59 Å². The molecule has 1 aromatic carbocycles. The van der Waals surface area contributed by atoms with Gasteiger partial charge in [-0.25, -0.2) is 0 Å². The number of nitrogen functional groups attached to an aromatic ring is 1. The van der Waals surface area contributed by atoms with Crippen LogP contribution in [-0.2, 0) is 11.2 Å². The van der Waals surface area contributed by atoms with E-state index in [1.807, 2.05) is 13.0 Å². The SMILES string of the molecule is CCc1[nH]c2cccc(C(=O)C(N)CCC(=O)O)c2c1N. The monoisotopic (exact) mass is 289 g/mol. The quantitative estimate of drug-likeness (QED) is 0.603. The van der Waals surface area contributed by atoms with E-state index < -0.39 is 12.0 Å². The van der Waals surface area contributed by atoms with Crippen molar-refractivity contribution >= 4 is 28.3 Å². The summed E-state index contributed by atoms with van der Waals surface area (Å²) in [6.07, 6.45) is 0.709. The maximum Gasteiger partial charge on any atom is 0.303 e. The van der Waals surface area contributed by atoms with Gasteiger partial charge in [-0.1, -0.05) is 19.1 Å². The number of benzene rings is 1. The Morgan fingerprint density at radius 2 is 2.10 bits per heavy atom. The molecule has 0 aliphatic rings. The number of rotatable bonds is 6. The molecule has 1 heterocycles. The summed E-state index contributed by atoms with van der Waals surface area (Å²) in [5.41, 5.74) is 14.6. The molecule has 0 saturated heterocycles. The Balaban J connectivity index is 2.39. The number of ketones is 1. The Bertz CT molecular complexity index is 691. The first-order valence-corrected chi connectivity index (χ1v) is 6.86. The number of fused-ring (bicyclic) bond motifs is 1. The Morgan fingerprint density at radius 1 is 1.38 bits per heavy atom. The van der Waals surface area contributed by atoms with Crippen LogP contribution in [0.1, 0.15) is 35.8 Å². The van der Waals surface area contributed by atoms with Gasteiger partial charge in [0, 0.05) is 28.6 Å². The van der Waals surface area contributed by atoms with Crippen molar-refractivity contribution in [1.82, 2.24) is 4.98 Å². The molecule has 0 aliphatic heterocycles. The van der Waals surface area contributed by atoms with Gasteiger partial charge >= 0.3 is 5.97 Å². The summed E-state index contributed by atoms with van der Waals surface area (Å²) < 4.78 is 0. The minimum atomic E-state index is -0.967. The first kappa shape index (κ1) is 15.1. The zero-order valence-corrected chi connectivity index (χ0v) is 11.8. The average Bonchev–Trinajstić information content (AvgIpc) is 2.80. The third-order valence-electron chi connectivity index (χ3n) is 3.57. The normalized spacial score (nSPS) is 12.5. The van der Waals surface area contributed by atoms with Crippen molar-refractivity contribution in [1.29, 1.82) is 0 Å². The van der Waals surface area contributed by atoms with E-state index in [1.54, 1.807) is 12.1 Å². The fraction of sp³-hybridized carbons (Fsp3) is 0.333. The molecule has 2 aromatic rings. The molecule has 0 saturated carbocycles. The number of nitrogens with one attached hydrogen (secondary N) is 1. The summed E-state index contributed by atoms with van der Waals surface area (Å²) >= 11 is 0. The lowest BCUT2D eigenvalue weighted by molar-refractivity contribution is -0.137. The van der Waals surface area contributed by atoms with Crippen molar-refractivity contribution in [3.05, 3.63) is 29.5 Å². The zero-order chi connectivity index (χ0) is 15.6. The van der Waals surface area contributed by atoms with E-state index in [-0.39, 0.29) is 18.6 Å². The lowest BCUT2D eigenvalue weighted by Gasteiger charge is -2.10. The number of H-pyrrole nitrogens is 1. The van der Waals surface area contributed by atoms with Gasteiger partial charge in [0.05, 0.1) is 11.7 Å². The third kappa shape index (κ3) is 2.90. The molecule has 112 valence electrons. The largest absolute Gasteiger partial charge is 0.481 e. The van der Waals surface area contributed by atoms with Gasteiger partial charge in [-0.15, -0.1) is 0 Å². The molecule has 0 bridgehead atoms. The minimum absolute atomic E-state index is 0.107. The van der Waals surface area contributed by atoms with Gasteiger partial charge < -0.3 is 21.6 Å². The van der Waals surface area contributed by atoms with Crippen LogP contribution in [0.2, 0.25) is 0 Å². The number of nitrogens with two attached hydrogens (primary N) is 2. The van der Waals surface area contributed by atoms with Gasteiger partial charge in [0.2, 0.25) is 0 Å². The number of Topliss-reactive ketones (excluding diaryl/α,β-unsaturated/α-hetero) is 1. The topological polar surface area (TPSA) is 122 Å². The van der Waals surface area contributed by atoms with Crippen molar-refractivity contribution < 1.29 is 14.7 Å². The number of anilines is 1. The van der Waals surface area contributed by atoms with E-state index >= 15 is 0 Å². The number of carbonyl (C=O) groups is 2. The predicted octanol–water partition coefficient (Wildman–Crippen LogP) is 1.69. The van der Waals surface area contributed by atoms with E-state index in [9.17, 15) is 9.59 Å². The van der Waals surface area contributed by atoms with Crippen molar-refractivity contribution in [2.45, 2.75) is 32.2 Å². The van der Waals surface area contributed by atoms with Crippen LogP contribution >= 0.6 is 0 Å². The molecule has 1 aromatic heterocycles. The lowest BCUT2D eigenvalue weighted by Crippen LogP contribution is -2.31. The smallest absolute Gasteiger partial charge is 0.303 e. The summed E-state index contributed by atoms with van der Waals surface area (Å²) in [7, 11) is 0. The van der Waals surface area contributed by atoms with Gasteiger partial charge in [0.15, 0.2) is 5.78 Å². The summed E-state index contributed by atoms with van der Waals surface area (Å²) in [5, 5.41) is 9.35. The highest BCUT2D eigenvalue weighted by molar-refractivity contribution is 6.14. The number of hydrogen-bond acceptors (Lipinski definition) is 4. The van der Waals surface area contributed by atoms with Crippen LogP contribution in [0.25, 0.3) is 10.9 Å². The van der Waals surface area contributed by atoms with Crippen LogP contribution in [0.15, 0.2) is 18.2 Å². The highest BCUT2D eigenvalue weighted by atomic mass is 16.4. The van der Waals surface area contributed by atoms with Gasteiger partial charge in [-0.05, 0) is 18.9 Å². The molecule has 2 rings (SSSR count). The molecule has 6 N–H and O–H groups in total. The number of aliphatic carboxylic acids is 1. The number of carboxylic acids is 1. The van der Waals surface area contributed by atoms with Crippen LogP contribution in [0.4, 0.5) is 5.69 Å². The standard InChI is InChI=1S/C15H19N3O3/c1-2-10-14(17)13-8(4-3-5-11(13)18-10)15(21)9(16)6-7-12(19)20/h3-5,9,18H,2,6-7,16-17H2,1H3,(H,19,20). The van der Waals surface area contributed by atoms with E-state index in [0.29, 0.717) is 16.6 Å². The lowest BCUT2D eigenvalue weighted by atomic mass is 9.97. The minimum Gasteiger partial charge on any atom is -0.481 e. The Kier molecular flexibility index (Phi) is 4.28. The van der Waals surface area contributed by atoms with Crippen LogP contribution in [-0.4, -0.2) is 27.9 Å². The van der Waals surface area contributed by atoms with Crippen LogP contribution in [0.3, 0.4) is 0 Å². The van der Waals surface area contributed by atoms with Crippen molar-refractivity contribution in [3.8, 4) is 0 Å². The number of aromatic nitrogens is 1. The van der Waals surface area contributed by atoms with Crippen LogP contribution < -0.4 is 11.5 Å². The predicted molar refractivity (Wildman–Crippen MR) is 81.3 cm³/mol. The number of aryl methyl sites for hydroxylation is 1. The van der Waals surface area contributed by atoms with Crippen molar-refractivity contribution in [3.63, 3.8) is 0 Å². The number of hydrogen-bond donors (Lipinski definition) is 4. The summed E-state index contributed by atoms with van der Waals surface area (Å²) in [5.74, 6) is -1.25. The molecule has 0 fully saturated rings. The molecular weight excluding hydrogens is 270 g/mol. The molecule has 1 unspecified atom stereocenters. The van der Waals surface area contributed by atoms with Gasteiger partial charge in [0.25, 0.3) is 0 Å². The van der Waals surface area contributed by atoms with Crippen molar-refractivity contribution in [2.75, 3.05) is 5.73 Å². The second-order valence-electron chi connectivity index (χ2n) is 5.00. The summed E-state index contributed by atoms with van der Waals surface area (Å²) in [4.78, 5) is 26.2. The van der Waals surface area contributed by atoms with Gasteiger partial charge in [-0.2, -0.15) is 0 Å². The Labute approximate surface area is 122 Å². The average molecular weight is 289 g/mol. The third-order valence-corrected chi connectivity index (χ3v) is 3.57. The summed E-state index contributed by atoms with van der Waals surface area (Å²) in [6, 6.07) is 4.44. The highest BCUT2D eigenvalue weighted by Gasteiger charge is 2.21. The Morgan fingerprint density at radius 3 is 2.71 bits per heavy atom. The fourth-order valence-corrected chi connectivity index (χ4v) is 2.42. The first-order chi connectivity index (χ1) is 9.95. The maximum atomic E-state index is 12.4. The van der Waals surface area contributed by atoms with Crippen molar-refractivity contribution in [2.24, 2.45) is 5.73 Å². The molecule has 6 nitrogen and oxygen atoms in total. The molecule has 21 heavy (non-hydrogen) atoms. The molecule has 0 radical (unpaired) electrons. The maximum absolute atomic E-state index is 12.4. The second kappa shape index (κ2) is 5.97. The number of aromatic amines is 1. The van der Waals surface area contributed by atoms with Crippen LogP contribution in [0.5, 0.6) is 0 Å². The molecular formula is C15H19N3O3. The zero-order valence-electron chi connectivity index (χ0n) is 11.8. The van der Waals surface area contributed by atoms with E-state index in [4.69, 9.17) is 16.6 Å². The number of carboxylic acid groups (broad SMARTS) is 1. The molecule has 0 spiro atoms. The second-order valence-corrected chi connectivity index (χ2v) is 5.00. The first-order valence-electron chi connectivity index (χ1n) is 6.86. The van der Waals surface area contributed by atoms with E-state index in [1.165, 1.54) is 0 Å². The fourth-order valence-electron chi connectivity index (χ4n) is 2.42. The van der Waals surface area contributed by atoms with E-state index in [0.717, 1.165) is 17.6 Å². The van der Waals surface area contributed by atoms with Crippen LogP contribution in [0, 0.1) is 0 Å². The molecule has 0 aliphatic carbocycles. The summed E-state index contributed by atoms with van der Waals surface area (Å²) in [6.45, 7) is 1.97. The molecule has 1 atom stereocenters. The number of carbonyl (C=O) groups excluding carboxylic acids is 1. The molecule has 6 heteroatoms.